The highest BCUT2D eigenvalue weighted by Crippen LogP contribution is 2.16. The monoisotopic (exact) mass is 223 g/mol. The van der Waals surface area contributed by atoms with Gasteiger partial charge >= 0.3 is 0 Å². The normalized spacial score (nSPS) is 13.3. The van der Waals surface area contributed by atoms with Crippen molar-refractivity contribution in [3.63, 3.8) is 0 Å². The summed E-state index contributed by atoms with van der Waals surface area (Å²) in [7, 11) is 11.0. The third-order valence-corrected chi connectivity index (χ3v) is 1.92. The van der Waals surface area contributed by atoms with Crippen molar-refractivity contribution in [2.75, 3.05) is 0 Å². The molecule has 17 heavy (non-hydrogen) atoms. The zero-order valence-corrected chi connectivity index (χ0v) is 9.75. The second kappa shape index (κ2) is 6.03. The lowest BCUT2D eigenvalue weighted by Crippen LogP contribution is -2.29. The van der Waals surface area contributed by atoms with Crippen molar-refractivity contribution in [3.8, 4) is 0 Å². The first-order chi connectivity index (χ1) is 8.08. The largest absolute Gasteiger partial charge is 0.508 e. The number of hydrogen-bond donors (Lipinski definition) is 1. The molecule has 0 bridgehead atoms. The fraction of sp³-hybridized carbons (Fsp3) is 0.182. The fourth-order valence-corrected chi connectivity index (χ4v) is 1.15. The molecule has 0 saturated heterocycles. The number of nitrogens with zero attached hydrogens (tertiary/aromatic N) is 3. The van der Waals surface area contributed by atoms with E-state index in [0.29, 0.717) is 5.57 Å². The van der Waals surface area contributed by atoms with E-state index in [-0.39, 0.29) is 23.0 Å². The van der Waals surface area contributed by atoms with Crippen LogP contribution in [-0.4, -0.2) is 35.8 Å². The molecule has 1 rings (SSSR count). The highest BCUT2D eigenvalue weighted by molar-refractivity contribution is 6.32. The van der Waals surface area contributed by atoms with Gasteiger partial charge in [0.25, 0.3) is 0 Å². The summed E-state index contributed by atoms with van der Waals surface area (Å²) in [5.74, 6) is 0.289. The zero-order valence-electron chi connectivity index (χ0n) is 9.75. The Bertz CT molecular complexity index is 475. The summed E-state index contributed by atoms with van der Waals surface area (Å²) in [4.78, 5) is 11.5. The van der Waals surface area contributed by atoms with Crippen LogP contribution in [-0.2, 0) is 0 Å². The van der Waals surface area contributed by atoms with Crippen LogP contribution in [0.1, 0.15) is 19.7 Å². The Labute approximate surface area is 103 Å². The summed E-state index contributed by atoms with van der Waals surface area (Å²) < 4.78 is 0. The Hall–Kier alpha value is -1.84. The minimum absolute atomic E-state index is 0.0165. The van der Waals surface area contributed by atoms with Crippen LogP contribution >= 0.6 is 0 Å². The molecule has 1 N–H and O–H groups in total. The Kier molecular flexibility index (Phi) is 4.69. The lowest BCUT2D eigenvalue weighted by molar-refractivity contribution is 0.436. The smallest absolute Gasteiger partial charge is 0.170 e. The van der Waals surface area contributed by atoms with Gasteiger partial charge < -0.3 is 5.11 Å². The highest BCUT2D eigenvalue weighted by atomic mass is 16.3. The maximum atomic E-state index is 9.76. The minimum Gasteiger partial charge on any atom is -0.508 e. The van der Waals surface area contributed by atoms with Gasteiger partial charge in [0.1, 0.15) is 5.76 Å². The first kappa shape index (κ1) is 13.2. The van der Waals surface area contributed by atoms with Crippen molar-refractivity contribution in [2.24, 2.45) is 0 Å². The molecule has 1 heterocycles. The molecular weight excluding hydrogens is 212 g/mol. The van der Waals surface area contributed by atoms with Crippen LogP contribution in [0.5, 0.6) is 0 Å². The lowest BCUT2D eigenvalue weighted by atomic mass is 10.1. The number of allylic oxidation sites excluding steroid dienone is 5. The molecule has 0 unspecified atom stereocenters. The van der Waals surface area contributed by atoms with Gasteiger partial charge in [0.05, 0.1) is 17.0 Å². The van der Waals surface area contributed by atoms with E-state index in [0.717, 1.165) is 0 Å². The van der Waals surface area contributed by atoms with Crippen LogP contribution in [0.4, 0.5) is 0 Å². The Morgan fingerprint density at radius 3 is 2.18 bits per heavy atom. The van der Waals surface area contributed by atoms with Crippen LogP contribution in [0.15, 0.2) is 30.1 Å². The molecule has 0 aliphatic rings. The molecule has 0 amide bonds. The predicted octanol–water partition coefficient (Wildman–Crippen LogP) is -0.119. The molecule has 4 radical (unpaired) electrons. The fourth-order valence-electron chi connectivity index (χ4n) is 1.15. The molecule has 82 valence electrons. The van der Waals surface area contributed by atoms with Gasteiger partial charge in [0, 0.05) is 0 Å². The van der Waals surface area contributed by atoms with Crippen molar-refractivity contribution in [2.45, 2.75) is 13.8 Å². The van der Waals surface area contributed by atoms with Crippen LogP contribution in [0.2, 0.25) is 0 Å². The van der Waals surface area contributed by atoms with Gasteiger partial charge in [-0.15, -0.1) is 0 Å². The van der Waals surface area contributed by atoms with E-state index in [1.165, 1.54) is 6.08 Å². The van der Waals surface area contributed by atoms with Crippen LogP contribution < -0.4 is 11.4 Å². The standard InChI is InChI=1S/C11H11B2N3O/c1-3-5-6-7(8(17)4-2)9-14-10(12)16-11(13)15-9/h3-6,17H,1-2H3/b5-3-,7-6+,8-4+. The van der Waals surface area contributed by atoms with Crippen molar-refractivity contribution in [1.29, 1.82) is 0 Å². The maximum Gasteiger partial charge on any atom is 0.170 e. The summed E-state index contributed by atoms with van der Waals surface area (Å²) in [6, 6.07) is 0. The second-order valence-corrected chi connectivity index (χ2v) is 3.16. The first-order valence-corrected chi connectivity index (χ1v) is 5.04. The Morgan fingerprint density at radius 1 is 1.12 bits per heavy atom. The van der Waals surface area contributed by atoms with Crippen molar-refractivity contribution in [1.82, 2.24) is 15.0 Å². The molecule has 6 heteroatoms. The van der Waals surface area contributed by atoms with Crippen molar-refractivity contribution in [3.05, 3.63) is 35.9 Å². The van der Waals surface area contributed by atoms with Gasteiger partial charge in [-0.2, -0.15) is 0 Å². The molecule has 1 aromatic heterocycles. The SMILES string of the molecule is [B]c1nc([B])nc(C(=C/C=C\C)/C(O)=C\C)n1. The molecule has 0 saturated carbocycles. The summed E-state index contributed by atoms with van der Waals surface area (Å²) in [6.07, 6.45) is 6.77. The summed E-state index contributed by atoms with van der Waals surface area (Å²) >= 11 is 0. The molecule has 0 aromatic carbocycles. The minimum atomic E-state index is 0.0165. The molecular formula is C11H11B2N3O. The summed E-state index contributed by atoms with van der Waals surface area (Å²) in [5, 5.41) is 9.76. The zero-order chi connectivity index (χ0) is 12.8. The van der Waals surface area contributed by atoms with Crippen molar-refractivity contribution >= 4 is 32.7 Å². The van der Waals surface area contributed by atoms with Crippen LogP contribution in [0.25, 0.3) is 5.57 Å². The molecule has 4 nitrogen and oxygen atoms in total. The predicted molar refractivity (Wildman–Crippen MR) is 69.8 cm³/mol. The molecule has 1 aromatic rings. The van der Waals surface area contributed by atoms with E-state index in [2.05, 4.69) is 15.0 Å². The third kappa shape index (κ3) is 3.59. The van der Waals surface area contributed by atoms with Gasteiger partial charge in [0.15, 0.2) is 21.5 Å². The van der Waals surface area contributed by atoms with Gasteiger partial charge in [-0.3, -0.25) is 0 Å². The molecule has 0 fully saturated rings. The van der Waals surface area contributed by atoms with E-state index in [4.69, 9.17) is 15.7 Å². The average Bonchev–Trinajstić information content (AvgIpc) is 2.28. The van der Waals surface area contributed by atoms with E-state index >= 15 is 0 Å². The van der Waals surface area contributed by atoms with E-state index in [1.807, 2.05) is 13.0 Å². The van der Waals surface area contributed by atoms with E-state index in [9.17, 15) is 5.11 Å². The quantitative estimate of drug-likeness (QED) is 0.440. The van der Waals surface area contributed by atoms with Gasteiger partial charge in [-0.05, 0) is 26.0 Å². The topological polar surface area (TPSA) is 58.9 Å². The van der Waals surface area contributed by atoms with Gasteiger partial charge in [-0.1, -0.05) is 12.2 Å². The Morgan fingerprint density at radius 2 is 1.71 bits per heavy atom. The maximum absolute atomic E-state index is 9.76. The number of aromatic nitrogens is 3. The molecule has 0 aliphatic carbocycles. The van der Waals surface area contributed by atoms with Crippen LogP contribution in [0.3, 0.4) is 0 Å². The average molecular weight is 223 g/mol. The number of hydrogen-bond acceptors (Lipinski definition) is 4. The second-order valence-electron chi connectivity index (χ2n) is 3.16. The number of aliphatic hydroxyl groups is 1. The van der Waals surface area contributed by atoms with Gasteiger partial charge in [-0.25, -0.2) is 15.0 Å². The lowest BCUT2D eigenvalue weighted by Gasteiger charge is -2.06. The van der Waals surface area contributed by atoms with E-state index in [1.54, 1.807) is 19.1 Å². The van der Waals surface area contributed by atoms with E-state index < -0.39 is 0 Å². The van der Waals surface area contributed by atoms with Gasteiger partial charge in [0.2, 0.25) is 0 Å². The number of aliphatic hydroxyl groups excluding tert-OH is 1. The number of rotatable bonds is 3. The Balaban J connectivity index is 3.32. The molecule has 0 spiro atoms. The summed E-state index contributed by atoms with van der Waals surface area (Å²) in [6.45, 7) is 3.56. The van der Waals surface area contributed by atoms with Crippen LogP contribution in [0, 0.1) is 0 Å². The molecule has 0 aliphatic heterocycles. The molecule has 0 atom stereocenters. The highest BCUT2D eigenvalue weighted by Gasteiger charge is 2.09. The van der Waals surface area contributed by atoms with Crippen molar-refractivity contribution < 1.29 is 5.11 Å². The third-order valence-electron chi connectivity index (χ3n) is 1.92. The first-order valence-electron chi connectivity index (χ1n) is 5.04. The summed E-state index contributed by atoms with van der Waals surface area (Å²) in [5.41, 5.74) is 0.469.